The fourth-order valence-electron chi connectivity index (χ4n) is 1.04. The Balaban J connectivity index is 2.29. The molecule has 0 spiro atoms. The standard InChI is InChI=1S/C9H8N4OS/c14-9-5-7(15)1-4-13(9)12-8-6-10-2-3-11-8/h1-6,15H,(H,11,12). The van der Waals surface area contributed by atoms with Crippen LogP contribution < -0.4 is 11.0 Å². The Morgan fingerprint density at radius 2 is 2.27 bits per heavy atom. The summed E-state index contributed by atoms with van der Waals surface area (Å²) < 4.78 is 1.31. The van der Waals surface area contributed by atoms with E-state index in [1.807, 2.05) is 0 Å². The largest absolute Gasteiger partial charge is 0.274 e. The molecule has 0 bridgehead atoms. The van der Waals surface area contributed by atoms with Gasteiger partial charge in [0.1, 0.15) is 0 Å². The summed E-state index contributed by atoms with van der Waals surface area (Å²) in [6.45, 7) is 0. The second-order valence-electron chi connectivity index (χ2n) is 2.80. The van der Waals surface area contributed by atoms with Crippen molar-refractivity contribution in [2.45, 2.75) is 4.90 Å². The monoisotopic (exact) mass is 220 g/mol. The maximum atomic E-state index is 11.4. The van der Waals surface area contributed by atoms with Crippen molar-refractivity contribution in [3.8, 4) is 0 Å². The lowest BCUT2D eigenvalue weighted by Crippen LogP contribution is -2.25. The number of anilines is 1. The molecule has 0 aliphatic carbocycles. The molecule has 76 valence electrons. The zero-order valence-corrected chi connectivity index (χ0v) is 8.56. The third-order valence-corrected chi connectivity index (χ3v) is 1.98. The number of thiol groups is 1. The van der Waals surface area contributed by atoms with Gasteiger partial charge in [0, 0.05) is 29.6 Å². The highest BCUT2D eigenvalue weighted by Gasteiger charge is 1.97. The molecule has 0 aliphatic rings. The minimum Gasteiger partial charge on any atom is -0.274 e. The van der Waals surface area contributed by atoms with Crippen LogP contribution in [0.1, 0.15) is 0 Å². The Labute approximate surface area is 91.2 Å². The zero-order chi connectivity index (χ0) is 10.7. The molecule has 2 heterocycles. The second-order valence-corrected chi connectivity index (χ2v) is 3.31. The van der Waals surface area contributed by atoms with Crippen molar-refractivity contribution in [2.75, 3.05) is 5.43 Å². The minimum absolute atomic E-state index is 0.201. The normalized spacial score (nSPS) is 9.93. The van der Waals surface area contributed by atoms with Crippen molar-refractivity contribution in [2.24, 2.45) is 0 Å². The molecule has 15 heavy (non-hydrogen) atoms. The van der Waals surface area contributed by atoms with Crippen molar-refractivity contribution < 1.29 is 0 Å². The summed E-state index contributed by atoms with van der Waals surface area (Å²) in [4.78, 5) is 19.9. The highest BCUT2D eigenvalue weighted by molar-refractivity contribution is 7.80. The van der Waals surface area contributed by atoms with Crippen molar-refractivity contribution in [3.63, 3.8) is 0 Å². The fourth-order valence-corrected chi connectivity index (χ4v) is 1.22. The Morgan fingerprint density at radius 3 is 2.93 bits per heavy atom. The van der Waals surface area contributed by atoms with Gasteiger partial charge in [0.05, 0.1) is 6.20 Å². The zero-order valence-electron chi connectivity index (χ0n) is 7.66. The van der Waals surface area contributed by atoms with E-state index >= 15 is 0 Å². The summed E-state index contributed by atoms with van der Waals surface area (Å²) >= 11 is 4.06. The molecule has 0 radical (unpaired) electrons. The van der Waals surface area contributed by atoms with Gasteiger partial charge in [-0.1, -0.05) is 0 Å². The molecular formula is C9H8N4OS. The first-order chi connectivity index (χ1) is 7.25. The lowest BCUT2D eigenvalue weighted by molar-refractivity contribution is 0.873. The Kier molecular flexibility index (Phi) is 2.68. The molecule has 0 atom stereocenters. The maximum Gasteiger partial charge on any atom is 0.270 e. The highest BCUT2D eigenvalue weighted by Crippen LogP contribution is 2.01. The van der Waals surface area contributed by atoms with E-state index in [9.17, 15) is 4.79 Å². The summed E-state index contributed by atoms with van der Waals surface area (Å²) in [6, 6.07) is 3.11. The van der Waals surface area contributed by atoms with Crippen LogP contribution in [0, 0.1) is 0 Å². The third-order valence-electron chi connectivity index (χ3n) is 1.70. The van der Waals surface area contributed by atoms with Crippen molar-refractivity contribution in [1.82, 2.24) is 14.6 Å². The van der Waals surface area contributed by atoms with Gasteiger partial charge in [-0.05, 0) is 6.07 Å². The van der Waals surface area contributed by atoms with Gasteiger partial charge < -0.3 is 0 Å². The molecule has 0 amide bonds. The van der Waals surface area contributed by atoms with Gasteiger partial charge in [-0.15, -0.1) is 12.6 Å². The van der Waals surface area contributed by atoms with Gasteiger partial charge >= 0.3 is 0 Å². The summed E-state index contributed by atoms with van der Waals surface area (Å²) in [6.07, 6.45) is 6.21. The van der Waals surface area contributed by atoms with Gasteiger partial charge in [-0.25, -0.2) is 9.66 Å². The van der Waals surface area contributed by atoms with E-state index in [1.165, 1.54) is 16.9 Å². The summed E-state index contributed by atoms with van der Waals surface area (Å²) in [5.74, 6) is 0.506. The molecule has 0 unspecified atom stereocenters. The van der Waals surface area contributed by atoms with E-state index in [-0.39, 0.29) is 5.56 Å². The van der Waals surface area contributed by atoms with Crippen LogP contribution in [-0.4, -0.2) is 14.6 Å². The lowest BCUT2D eigenvalue weighted by Gasteiger charge is -2.06. The third kappa shape index (κ3) is 2.35. The fraction of sp³-hybridized carbons (Fsp3) is 0. The molecule has 0 aliphatic heterocycles. The number of pyridine rings is 1. The molecule has 5 nitrogen and oxygen atoms in total. The van der Waals surface area contributed by atoms with Crippen LogP contribution in [0.4, 0.5) is 5.82 Å². The van der Waals surface area contributed by atoms with E-state index in [4.69, 9.17) is 0 Å². The Morgan fingerprint density at radius 1 is 1.40 bits per heavy atom. The second kappa shape index (κ2) is 4.14. The van der Waals surface area contributed by atoms with Gasteiger partial charge in [0.25, 0.3) is 5.56 Å². The molecule has 6 heteroatoms. The predicted octanol–water partition coefficient (Wildman–Crippen LogP) is 0.802. The van der Waals surface area contributed by atoms with Crippen LogP contribution in [0.25, 0.3) is 0 Å². The van der Waals surface area contributed by atoms with Gasteiger partial charge in [0.2, 0.25) is 0 Å². The number of rotatable bonds is 2. The van der Waals surface area contributed by atoms with Crippen LogP contribution in [0.3, 0.4) is 0 Å². The summed E-state index contributed by atoms with van der Waals surface area (Å²) in [5.41, 5.74) is 2.60. The first-order valence-electron chi connectivity index (χ1n) is 4.20. The molecule has 0 saturated carbocycles. The van der Waals surface area contributed by atoms with E-state index in [0.29, 0.717) is 10.7 Å². The SMILES string of the molecule is O=c1cc(S)ccn1Nc1cnccn1. The van der Waals surface area contributed by atoms with Crippen molar-refractivity contribution in [3.05, 3.63) is 47.3 Å². The molecule has 2 aromatic heterocycles. The van der Waals surface area contributed by atoms with E-state index < -0.39 is 0 Å². The lowest BCUT2D eigenvalue weighted by atomic mass is 10.5. The van der Waals surface area contributed by atoms with Gasteiger partial charge in [-0.2, -0.15) is 0 Å². The molecular weight excluding hydrogens is 212 g/mol. The van der Waals surface area contributed by atoms with E-state index in [1.54, 1.807) is 24.7 Å². The highest BCUT2D eigenvalue weighted by atomic mass is 32.1. The summed E-state index contributed by atoms with van der Waals surface area (Å²) in [7, 11) is 0. The Bertz CT molecular complexity index is 511. The minimum atomic E-state index is -0.201. The van der Waals surface area contributed by atoms with Crippen LogP contribution in [0.15, 0.2) is 46.6 Å². The average molecular weight is 220 g/mol. The number of hydrogen-bond donors (Lipinski definition) is 2. The smallest absolute Gasteiger partial charge is 0.270 e. The molecule has 0 saturated heterocycles. The first-order valence-corrected chi connectivity index (χ1v) is 4.65. The summed E-state index contributed by atoms with van der Waals surface area (Å²) in [5, 5.41) is 0. The van der Waals surface area contributed by atoms with E-state index in [2.05, 4.69) is 28.0 Å². The molecule has 2 aromatic rings. The number of nitrogens with one attached hydrogen (secondary N) is 1. The van der Waals surface area contributed by atoms with Crippen LogP contribution in [0.5, 0.6) is 0 Å². The number of aromatic nitrogens is 3. The maximum absolute atomic E-state index is 11.4. The average Bonchev–Trinajstić information content (AvgIpc) is 2.24. The van der Waals surface area contributed by atoms with Gasteiger partial charge in [0.15, 0.2) is 5.82 Å². The topological polar surface area (TPSA) is 59.8 Å². The molecule has 0 aromatic carbocycles. The van der Waals surface area contributed by atoms with Crippen LogP contribution >= 0.6 is 12.6 Å². The van der Waals surface area contributed by atoms with Crippen LogP contribution in [-0.2, 0) is 0 Å². The number of nitrogens with zero attached hydrogens (tertiary/aromatic N) is 3. The molecule has 1 N–H and O–H groups in total. The Hall–Kier alpha value is -1.82. The predicted molar refractivity (Wildman–Crippen MR) is 59.0 cm³/mol. The first kappa shape index (κ1) is 9.72. The van der Waals surface area contributed by atoms with Crippen molar-refractivity contribution >= 4 is 18.4 Å². The number of hydrogen-bond acceptors (Lipinski definition) is 5. The molecule has 2 rings (SSSR count). The van der Waals surface area contributed by atoms with Crippen LogP contribution in [0.2, 0.25) is 0 Å². The molecule has 0 fully saturated rings. The van der Waals surface area contributed by atoms with Gasteiger partial charge in [-0.3, -0.25) is 15.2 Å². The van der Waals surface area contributed by atoms with E-state index in [0.717, 1.165) is 0 Å². The quantitative estimate of drug-likeness (QED) is 0.735. The van der Waals surface area contributed by atoms with Crippen molar-refractivity contribution in [1.29, 1.82) is 0 Å².